The van der Waals surface area contributed by atoms with Crippen molar-refractivity contribution >= 4 is 35.0 Å². The highest BCUT2D eigenvalue weighted by atomic mass is 35.5. The van der Waals surface area contributed by atoms with Gasteiger partial charge >= 0.3 is 0 Å². The minimum Gasteiger partial charge on any atom is -0.467 e. The molecule has 132 valence electrons. The minimum absolute atomic E-state index is 0.113. The molecule has 3 aromatic rings. The van der Waals surface area contributed by atoms with Crippen molar-refractivity contribution < 1.29 is 13.6 Å². The molecule has 1 aliphatic rings. The summed E-state index contributed by atoms with van der Waals surface area (Å²) in [4.78, 5) is 13.7. The Bertz CT molecular complexity index is 922. The lowest BCUT2D eigenvalue weighted by atomic mass is 10.1. The molecule has 0 spiro atoms. The maximum atomic E-state index is 12.8. The molecule has 0 saturated carbocycles. The Labute approximate surface area is 159 Å². The molecular formula is C19H15ClN2O3S. The summed E-state index contributed by atoms with van der Waals surface area (Å²) in [7, 11) is 0. The average Bonchev–Trinajstić information content (AvgIpc) is 3.41. The Kier molecular flexibility index (Phi) is 4.86. The van der Waals surface area contributed by atoms with Crippen molar-refractivity contribution in [1.29, 1.82) is 0 Å². The summed E-state index contributed by atoms with van der Waals surface area (Å²) in [6, 6.07) is 14.5. The molecule has 1 atom stereocenters. The molecule has 7 heteroatoms. The second-order valence-corrected chi connectivity index (χ2v) is 7.14. The minimum atomic E-state index is -0.274. The summed E-state index contributed by atoms with van der Waals surface area (Å²) in [6.45, 7) is 0. The predicted molar refractivity (Wildman–Crippen MR) is 100 cm³/mol. The lowest BCUT2D eigenvalue weighted by Gasteiger charge is -2.19. The van der Waals surface area contributed by atoms with E-state index in [1.54, 1.807) is 24.7 Å². The van der Waals surface area contributed by atoms with Gasteiger partial charge in [-0.05, 0) is 36.4 Å². The number of rotatable bonds is 5. The molecule has 0 saturated heterocycles. The van der Waals surface area contributed by atoms with Gasteiger partial charge in [-0.25, -0.2) is 5.01 Å². The van der Waals surface area contributed by atoms with Gasteiger partial charge < -0.3 is 8.83 Å². The van der Waals surface area contributed by atoms with Crippen LogP contribution in [-0.2, 0) is 4.79 Å². The number of amides is 1. The van der Waals surface area contributed by atoms with Gasteiger partial charge in [0.15, 0.2) is 0 Å². The fourth-order valence-electron chi connectivity index (χ4n) is 2.80. The van der Waals surface area contributed by atoms with Crippen LogP contribution in [0.2, 0.25) is 5.02 Å². The van der Waals surface area contributed by atoms with Crippen LogP contribution in [0, 0.1) is 0 Å². The molecule has 1 aromatic carbocycles. The second-order valence-electron chi connectivity index (χ2n) is 5.72. The lowest BCUT2D eigenvalue weighted by molar-refractivity contribution is -0.130. The zero-order valence-electron chi connectivity index (χ0n) is 13.7. The quantitative estimate of drug-likeness (QED) is 0.579. The van der Waals surface area contributed by atoms with E-state index in [1.165, 1.54) is 16.8 Å². The van der Waals surface area contributed by atoms with Crippen LogP contribution in [0.25, 0.3) is 0 Å². The first-order valence-electron chi connectivity index (χ1n) is 8.06. The molecule has 1 amide bonds. The predicted octanol–water partition coefficient (Wildman–Crippen LogP) is 5.00. The highest BCUT2D eigenvalue weighted by Crippen LogP contribution is 2.34. The summed E-state index contributed by atoms with van der Waals surface area (Å²) in [5.41, 5.74) is 0.729. The molecular weight excluding hydrogens is 372 g/mol. The van der Waals surface area contributed by atoms with Crippen molar-refractivity contribution in [2.45, 2.75) is 17.4 Å². The van der Waals surface area contributed by atoms with Crippen molar-refractivity contribution in [3.63, 3.8) is 0 Å². The standard InChI is InChI=1S/C19H15ClN2O3S/c20-13-5-1-2-8-18(13)26-12-19(23)22-15(17-7-4-10-25-17)11-14(21-22)16-6-3-9-24-16/h1-10,15H,11-12H2/t15-/m1/s1. The molecule has 0 aliphatic carbocycles. The van der Waals surface area contributed by atoms with Crippen LogP contribution in [0.5, 0.6) is 0 Å². The van der Waals surface area contributed by atoms with Gasteiger partial charge in [0.05, 0.1) is 23.3 Å². The van der Waals surface area contributed by atoms with E-state index in [4.69, 9.17) is 20.4 Å². The van der Waals surface area contributed by atoms with E-state index in [0.29, 0.717) is 23.0 Å². The third kappa shape index (κ3) is 3.43. The van der Waals surface area contributed by atoms with Gasteiger partial charge in [-0.3, -0.25) is 4.79 Å². The number of benzene rings is 1. The number of nitrogens with zero attached hydrogens (tertiary/aromatic N) is 2. The summed E-state index contributed by atoms with van der Waals surface area (Å²) < 4.78 is 11.0. The van der Waals surface area contributed by atoms with E-state index in [9.17, 15) is 4.79 Å². The number of halogens is 1. The zero-order chi connectivity index (χ0) is 17.9. The van der Waals surface area contributed by atoms with Gasteiger partial charge in [-0.1, -0.05) is 23.7 Å². The highest BCUT2D eigenvalue weighted by molar-refractivity contribution is 8.00. The fourth-order valence-corrected chi connectivity index (χ4v) is 3.89. The Morgan fingerprint density at radius 2 is 1.96 bits per heavy atom. The van der Waals surface area contributed by atoms with Gasteiger partial charge in [0.1, 0.15) is 23.3 Å². The van der Waals surface area contributed by atoms with E-state index >= 15 is 0 Å². The van der Waals surface area contributed by atoms with Gasteiger partial charge in [0, 0.05) is 11.3 Å². The van der Waals surface area contributed by atoms with Crippen molar-refractivity contribution in [3.8, 4) is 0 Å². The Morgan fingerprint density at radius 3 is 2.69 bits per heavy atom. The Hall–Kier alpha value is -2.44. The van der Waals surface area contributed by atoms with Crippen LogP contribution in [-0.4, -0.2) is 22.4 Å². The van der Waals surface area contributed by atoms with Crippen molar-refractivity contribution in [3.05, 3.63) is 77.6 Å². The highest BCUT2D eigenvalue weighted by Gasteiger charge is 2.35. The van der Waals surface area contributed by atoms with Crippen LogP contribution in [0.4, 0.5) is 0 Å². The number of thioether (sulfide) groups is 1. The number of carbonyl (C=O) groups excluding carboxylic acids is 1. The zero-order valence-corrected chi connectivity index (χ0v) is 15.2. The molecule has 2 aromatic heterocycles. The average molecular weight is 387 g/mol. The summed E-state index contributed by atoms with van der Waals surface area (Å²) in [5, 5.41) is 6.62. The van der Waals surface area contributed by atoms with Crippen LogP contribution in [0.1, 0.15) is 24.0 Å². The third-order valence-electron chi connectivity index (χ3n) is 4.03. The third-order valence-corrected chi connectivity index (χ3v) is 5.53. The van der Waals surface area contributed by atoms with E-state index < -0.39 is 0 Å². The summed E-state index contributed by atoms with van der Waals surface area (Å²) in [6.07, 6.45) is 3.74. The smallest absolute Gasteiger partial charge is 0.253 e. The molecule has 0 unspecified atom stereocenters. The first kappa shape index (κ1) is 17.0. The lowest BCUT2D eigenvalue weighted by Crippen LogP contribution is -2.28. The van der Waals surface area contributed by atoms with Gasteiger partial charge in [0.2, 0.25) is 0 Å². The van der Waals surface area contributed by atoms with Gasteiger partial charge in [-0.2, -0.15) is 5.10 Å². The maximum absolute atomic E-state index is 12.8. The molecule has 0 radical (unpaired) electrons. The van der Waals surface area contributed by atoms with Crippen molar-refractivity contribution in [2.75, 3.05) is 5.75 Å². The molecule has 1 aliphatic heterocycles. The largest absolute Gasteiger partial charge is 0.467 e. The first-order valence-corrected chi connectivity index (χ1v) is 9.43. The summed E-state index contributed by atoms with van der Waals surface area (Å²) in [5.74, 6) is 1.48. The summed E-state index contributed by atoms with van der Waals surface area (Å²) >= 11 is 7.56. The van der Waals surface area contributed by atoms with E-state index in [1.807, 2.05) is 36.4 Å². The molecule has 0 bridgehead atoms. The first-order chi connectivity index (χ1) is 12.7. The van der Waals surface area contributed by atoms with Crippen molar-refractivity contribution in [2.24, 2.45) is 5.10 Å². The number of hydrogen-bond donors (Lipinski definition) is 0. The Balaban J connectivity index is 1.54. The van der Waals surface area contributed by atoms with Crippen LogP contribution < -0.4 is 0 Å². The normalized spacial score (nSPS) is 16.7. The van der Waals surface area contributed by atoms with Crippen LogP contribution in [0.15, 0.2) is 79.9 Å². The molecule has 0 N–H and O–H groups in total. The maximum Gasteiger partial charge on any atom is 0.253 e. The number of furan rings is 2. The second kappa shape index (κ2) is 7.43. The van der Waals surface area contributed by atoms with E-state index in [0.717, 1.165) is 10.6 Å². The SMILES string of the molecule is O=C(CSc1ccccc1Cl)N1N=C(c2ccco2)C[C@@H]1c1ccco1. The number of hydrogen-bond acceptors (Lipinski definition) is 5. The van der Waals surface area contributed by atoms with Crippen molar-refractivity contribution in [1.82, 2.24) is 5.01 Å². The molecule has 4 rings (SSSR count). The molecule has 26 heavy (non-hydrogen) atoms. The monoisotopic (exact) mass is 386 g/mol. The van der Waals surface area contributed by atoms with E-state index in [-0.39, 0.29) is 17.7 Å². The molecule has 0 fully saturated rings. The van der Waals surface area contributed by atoms with Crippen LogP contribution >= 0.6 is 23.4 Å². The number of carbonyl (C=O) groups is 1. The van der Waals surface area contributed by atoms with Gasteiger partial charge in [-0.15, -0.1) is 11.8 Å². The topological polar surface area (TPSA) is 59.0 Å². The Morgan fingerprint density at radius 1 is 1.15 bits per heavy atom. The van der Waals surface area contributed by atoms with Crippen LogP contribution in [0.3, 0.4) is 0 Å². The van der Waals surface area contributed by atoms with E-state index in [2.05, 4.69) is 5.10 Å². The molecule has 5 nitrogen and oxygen atoms in total. The van der Waals surface area contributed by atoms with Gasteiger partial charge in [0.25, 0.3) is 5.91 Å². The fraction of sp³-hybridized carbons (Fsp3) is 0.158. The number of hydrazone groups is 1. The molecule has 3 heterocycles.